The zero-order chi connectivity index (χ0) is 14.3. The van der Waals surface area contributed by atoms with Crippen molar-refractivity contribution >= 4 is 12.7 Å². The Labute approximate surface area is 111 Å². The fraction of sp³-hybridized carbons (Fsp3) is 0.800. The van der Waals surface area contributed by atoms with Crippen LogP contribution in [0.25, 0.3) is 0 Å². The summed E-state index contributed by atoms with van der Waals surface area (Å²) >= 11 is 0. The first-order chi connectivity index (χ1) is 9.15. The fourth-order valence-electron chi connectivity index (χ4n) is 1.88. The Kier molecular flexibility index (Phi) is 6.67. The van der Waals surface area contributed by atoms with E-state index in [1.165, 1.54) is 6.34 Å². The molecule has 0 aromatic heterocycles. The molecular weight excluding hydrogens is 254 g/mol. The van der Waals surface area contributed by atoms with Gasteiger partial charge >= 0.3 is 0 Å². The van der Waals surface area contributed by atoms with E-state index in [2.05, 4.69) is 15.3 Å². The molecule has 19 heavy (non-hydrogen) atoms. The fourth-order valence-corrected chi connectivity index (χ4v) is 1.88. The number of aliphatic hydroxyl groups excluding tert-OH is 3. The summed E-state index contributed by atoms with van der Waals surface area (Å²) in [5.74, 6) is 0. The van der Waals surface area contributed by atoms with Crippen molar-refractivity contribution in [3.63, 3.8) is 0 Å². The highest BCUT2D eigenvalue weighted by molar-refractivity contribution is 5.51. The van der Waals surface area contributed by atoms with Gasteiger partial charge in [-0.05, 0) is 0 Å². The molecule has 0 unspecified atom stereocenters. The van der Waals surface area contributed by atoms with E-state index < -0.39 is 37.2 Å². The van der Waals surface area contributed by atoms with Crippen molar-refractivity contribution in [3.8, 4) is 0 Å². The first-order valence-electron chi connectivity index (χ1n) is 5.95. The Morgan fingerprint density at radius 1 is 1.21 bits per heavy atom. The third-order valence-electron chi connectivity index (χ3n) is 2.84. The molecule has 110 valence electrons. The van der Waals surface area contributed by atoms with E-state index in [1.807, 2.05) is 0 Å². The maximum Gasteiger partial charge on any atom is 0.134 e. The molecule has 1 aliphatic rings. The molecule has 1 rings (SSSR count). The molecule has 1 aliphatic heterocycles. The minimum absolute atomic E-state index is 0.406. The van der Waals surface area contributed by atoms with Crippen molar-refractivity contribution in [2.24, 2.45) is 21.5 Å². The van der Waals surface area contributed by atoms with Crippen molar-refractivity contribution in [3.05, 3.63) is 0 Å². The molecule has 0 saturated carbocycles. The van der Waals surface area contributed by atoms with Gasteiger partial charge in [0, 0.05) is 6.54 Å². The molecule has 0 aliphatic carbocycles. The summed E-state index contributed by atoms with van der Waals surface area (Å²) in [6, 6.07) is -0.760. The molecule has 0 spiro atoms. The number of hydrogen-bond acceptors (Lipinski definition) is 7. The van der Waals surface area contributed by atoms with E-state index in [0.29, 0.717) is 13.1 Å². The van der Waals surface area contributed by atoms with Gasteiger partial charge in [0.25, 0.3) is 0 Å². The van der Waals surface area contributed by atoms with E-state index in [0.717, 1.165) is 6.34 Å². The first-order valence-corrected chi connectivity index (χ1v) is 5.95. The van der Waals surface area contributed by atoms with E-state index in [1.54, 1.807) is 0 Å². The Balaban J connectivity index is 2.66. The van der Waals surface area contributed by atoms with Crippen molar-refractivity contribution in [2.45, 2.75) is 30.6 Å². The van der Waals surface area contributed by atoms with Gasteiger partial charge in [-0.1, -0.05) is 0 Å². The van der Waals surface area contributed by atoms with Gasteiger partial charge in [0.15, 0.2) is 0 Å². The molecule has 1 saturated heterocycles. The normalized spacial score (nSPS) is 36.3. The summed E-state index contributed by atoms with van der Waals surface area (Å²) in [5, 5.41) is 31.7. The molecule has 0 radical (unpaired) electrons. The van der Waals surface area contributed by atoms with Crippen LogP contribution in [-0.4, -0.2) is 78.3 Å². The SMILES string of the molecule is NC=NCCN[C@@H]1O[C@H](CO)[C@@H](O)[C@H](O)[C@H]1N=CN. The molecule has 5 atom stereocenters. The lowest BCUT2D eigenvalue weighted by Crippen LogP contribution is -2.62. The molecule has 1 fully saturated rings. The van der Waals surface area contributed by atoms with Gasteiger partial charge < -0.3 is 31.5 Å². The standard InChI is InChI=1S/C10H21N5O4/c11-4-13-1-2-14-10-7(15-5-12)9(18)8(17)6(3-16)19-10/h4-10,14,16-18H,1-3H2,(H2,11,13)(H2,12,15)/t6-,7-,8-,9-,10-/m1/s1. The minimum Gasteiger partial charge on any atom is -0.394 e. The predicted molar refractivity (Wildman–Crippen MR) is 69.8 cm³/mol. The highest BCUT2D eigenvalue weighted by Gasteiger charge is 2.43. The van der Waals surface area contributed by atoms with Crippen molar-refractivity contribution < 1.29 is 20.1 Å². The summed E-state index contributed by atoms with van der Waals surface area (Å²) in [6.07, 6.45) is -1.73. The van der Waals surface area contributed by atoms with Crippen molar-refractivity contribution in [1.82, 2.24) is 5.32 Å². The third kappa shape index (κ3) is 4.11. The largest absolute Gasteiger partial charge is 0.394 e. The number of aliphatic hydroxyl groups is 3. The van der Waals surface area contributed by atoms with Crippen LogP contribution < -0.4 is 16.8 Å². The van der Waals surface area contributed by atoms with Gasteiger partial charge in [0.2, 0.25) is 0 Å². The zero-order valence-corrected chi connectivity index (χ0v) is 10.5. The number of nitrogens with one attached hydrogen (secondary N) is 1. The van der Waals surface area contributed by atoms with Crippen LogP contribution in [0.2, 0.25) is 0 Å². The second kappa shape index (κ2) is 8.02. The van der Waals surface area contributed by atoms with Crippen LogP contribution >= 0.6 is 0 Å². The Morgan fingerprint density at radius 2 is 1.95 bits per heavy atom. The van der Waals surface area contributed by atoms with Crippen molar-refractivity contribution in [2.75, 3.05) is 19.7 Å². The summed E-state index contributed by atoms with van der Waals surface area (Å²) < 4.78 is 5.44. The Bertz CT molecular complexity index is 314. The van der Waals surface area contributed by atoms with Gasteiger partial charge in [0.05, 0.1) is 25.8 Å². The number of nitrogens with two attached hydrogens (primary N) is 2. The number of nitrogens with zero attached hydrogens (tertiary/aromatic N) is 2. The average Bonchev–Trinajstić information content (AvgIpc) is 2.42. The summed E-state index contributed by atoms with van der Waals surface area (Å²) in [7, 11) is 0. The monoisotopic (exact) mass is 275 g/mol. The van der Waals surface area contributed by atoms with Gasteiger partial charge in [-0.2, -0.15) is 0 Å². The van der Waals surface area contributed by atoms with Gasteiger partial charge in [0.1, 0.15) is 30.6 Å². The van der Waals surface area contributed by atoms with E-state index in [-0.39, 0.29) is 0 Å². The minimum atomic E-state index is -1.22. The maximum absolute atomic E-state index is 9.94. The van der Waals surface area contributed by atoms with E-state index in [9.17, 15) is 10.2 Å². The van der Waals surface area contributed by atoms with Crippen molar-refractivity contribution in [1.29, 1.82) is 0 Å². The molecular formula is C10H21N5O4. The Morgan fingerprint density at radius 3 is 2.53 bits per heavy atom. The van der Waals surface area contributed by atoms with Crippen LogP contribution in [-0.2, 0) is 4.74 Å². The van der Waals surface area contributed by atoms with Crippen LogP contribution in [0.1, 0.15) is 0 Å². The molecule has 0 bridgehead atoms. The third-order valence-corrected chi connectivity index (χ3v) is 2.84. The van der Waals surface area contributed by atoms with Crippen LogP contribution in [0.3, 0.4) is 0 Å². The van der Waals surface area contributed by atoms with Crippen LogP contribution in [0.15, 0.2) is 9.98 Å². The topological polar surface area (TPSA) is 159 Å². The first kappa shape index (κ1) is 15.8. The van der Waals surface area contributed by atoms with E-state index >= 15 is 0 Å². The molecule has 9 nitrogen and oxygen atoms in total. The van der Waals surface area contributed by atoms with Gasteiger partial charge in [-0.3, -0.25) is 15.3 Å². The maximum atomic E-state index is 9.94. The van der Waals surface area contributed by atoms with E-state index in [4.69, 9.17) is 21.3 Å². The smallest absolute Gasteiger partial charge is 0.134 e. The number of rotatable bonds is 6. The summed E-state index contributed by atoms with van der Waals surface area (Å²) in [4.78, 5) is 7.69. The Hall–Kier alpha value is -1.26. The second-order valence-electron chi connectivity index (χ2n) is 4.06. The predicted octanol–water partition coefficient (Wildman–Crippen LogP) is -3.64. The van der Waals surface area contributed by atoms with Crippen LogP contribution in [0, 0.1) is 0 Å². The number of aliphatic imine (C=N–C) groups is 2. The average molecular weight is 275 g/mol. The lowest BCUT2D eigenvalue weighted by Gasteiger charge is -2.40. The number of ether oxygens (including phenoxy) is 1. The zero-order valence-electron chi connectivity index (χ0n) is 10.5. The number of hydrogen-bond donors (Lipinski definition) is 6. The van der Waals surface area contributed by atoms with Gasteiger partial charge in [-0.15, -0.1) is 0 Å². The lowest BCUT2D eigenvalue weighted by molar-refractivity contribution is -0.195. The lowest BCUT2D eigenvalue weighted by atomic mass is 9.96. The molecule has 0 amide bonds. The highest BCUT2D eigenvalue weighted by Crippen LogP contribution is 2.21. The highest BCUT2D eigenvalue weighted by atomic mass is 16.5. The molecule has 9 heteroatoms. The quantitative estimate of drug-likeness (QED) is 0.166. The summed E-state index contributed by atoms with van der Waals surface area (Å²) in [6.45, 7) is 0.463. The van der Waals surface area contributed by atoms with Crippen LogP contribution in [0.5, 0.6) is 0 Å². The van der Waals surface area contributed by atoms with Gasteiger partial charge in [-0.25, -0.2) is 0 Å². The summed E-state index contributed by atoms with van der Waals surface area (Å²) in [5.41, 5.74) is 10.3. The second-order valence-corrected chi connectivity index (χ2v) is 4.06. The molecule has 1 heterocycles. The molecule has 0 aromatic rings. The molecule has 8 N–H and O–H groups in total. The molecule has 0 aromatic carbocycles. The van der Waals surface area contributed by atoms with Crippen LogP contribution in [0.4, 0.5) is 0 Å².